The van der Waals surface area contributed by atoms with Crippen molar-refractivity contribution in [2.24, 2.45) is 0 Å². The zero-order valence-electron chi connectivity index (χ0n) is 11.4. The Bertz CT molecular complexity index is 750. The van der Waals surface area contributed by atoms with Crippen LogP contribution in [0.15, 0.2) is 42.5 Å². The van der Waals surface area contributed by atoms with Crippen LogP contribution in [0, 0.1) is 0 Å². The van der Waals surface area contributed by atoms with E-state index in [0.717, 1.165) is 16.5 Å². The number of carbonyl (C=O) groups excluding carboxylic acids is 1. The zero-order valence-corrected chi connectivity index (χ0v) is 11.4. The minimum atomic E-state index is -0.335. The predicted octanol–water partition coefficient (Wildman–Crippen LogP) is 2.24. The fraction of sp³-hybridized carbons (Fsp3) is 0.143. The molecule has 3 N–H and O–H groups in total. The first-order valence-corrected chi connectivity index (χ1v) is 6.52. The number of hydrogen-bond donors (Lipinski definition) is 3. The molecule has 0 radical (unpaired) electrons. The summed E-state index contributed by atoms with van der Waals surface area (Å²) in [5.74, 6) is 0.433. The normalized spacial score (nSPS) is 12.0. The van der Waals surface area contributed by atoms with Crippen molar-refractivity contribution < 1.29 is 4.79 Å². The molecule has 0 aliphatic rings. The smallest absolute Gasteiger partial charge is 0.319 e. The van der Waals surface area contributed by atoms with Gasteiger partial charge >= 0.3 is 6.03 Å². The molecular weight excluding hydrogens is 268 g/mol. The number of urea groups is 1. The van der Waals surface area contributed by atoms with E-state index in [1.54, 1.807) is 6.92 Å². The van der Waals surface area contributed by atoms with Crippen molar-refractivity contribution >= 4 is 22.5 Å². The molecule has 3 rings (SSSR count). The second-order valence-electron chi connectivity index (χ2n) is 4.62. The number of fused-ring (bicyclic) bond motifs is 1. The maximum Gasteiger partial charge on any atom is 0.319 e. The molecule has 7 nitrogen and oxygen atoms in total. The number of amides is 2. The lowest BCUT2D eigenvalue weighted by Gasteiger charge is -2.12. The van der Waals surface area contributed by atoms with Crippen molar-refractivity contribution in [2.45, 2.75) is 13.0 Å². The fourth-order valence-corrected chi connectivity index (χ4v) is 2.11. The van der Waals surface area contributed by atoms with Crippen LogP contribution in [0.1, 0.15) is 18.8 Å². The lowest BCUT2D eigenvalue weighted by atomic mass is 10.1. The summed E-state index contributed by atoms with van der Waals surface area (Å²) in [6.45, 7) is 1.79. The second kappa shape index (κ2) is 5.58. The van der Waals surface area contributed by atoms with E-state index in [4.69, 9.17) is 0 Å². The highest BCUT2D eigenvalue weighted by molar-refractivity contribution is 6.01. The summed E-state index contributed by atoms with van der Waals surface area (Å²) in [5.41, 5.74) is 0.755. The van der Waals surface area contributed by atoms with Crippen molar-refractivity contribution in [1.82, 2.24) is 25.9 Å². The molecule has 1 aromatic heterocycles. The van der Waals surface area contributed by atoms with Gasteiger partial charge in [-0.1, -0.05) is 41.6 Å². The SMILES string of the molecule is CC(NC(=O)Nc1cccc2ccccc12)c1nn[nH]n1. The average molecular weight is 282 g/mol. The summed E-state index contributed by atoms with van der Waals surface area (Å²) in [7, 11) is 0. The molecule has 1 heterocycles. The zero-order chi connectivity index (χ0) is 14.7. The van der Waals surface area contributed by atoms with Crippen molar-refractivity contribution in [3.63, 3.8) is 0 Å². The molecule has 0 saturated carbocycles. The summed E-state index contributed by atoms with van der Waals surface area (Å²) in [5, 5.41) is 21.2. The van der Waals surface area contributed by atoms with E-state index < -0.39 is 0 Å². The molecule has 21 heavy (non-hydrogen) atoms. The van der Waals surface area contributed by atoms with Crippen molar-refractivity contribution in [1.29, 1.82) is 0 Å². The molecule has 106 valence electrons. The molecule has 2 amide bonds. The number of benzene rings is 2. The Morgan fingerprint density at radius 2 is 2.00 bits per heavy atom. The Kier molecular flexibility index (Phi) is 3.46. The number of H-pyrrole nitrogens is 1. The van der Waals surface area contributed by atoms with Gasteiger partial charge < -0.3 is 10.6 Å². The van der Waals surface area contributed by atoms with E-state index in [1.165, 1.54) is 0 Å². The van der Waals surface area contributed by atoms with Gasteiger partial charge in [0.25, 0.3) is 0 Å². The number of anilines is 1. The van der Waals surface area contributed by atoms with E-state index in [9.17, 15) is 4.79 Å². The Balaban J connectivity index is 1.75. The van der Waals surface area contributed by atoms with E-state index >= 15 is 0 Å². The number of aromatic amines is 1. The monoisotopic (exact) mass is 282 g/mol. The van der Waals surface area contributed by atoms with Gasteiger partial charge in [-0.05, 0) is 18.4 Å². The highest BCUT2D eigenvalue weighted by Crippen LogP contribution is 2.22. The first-order valence-electron chi connectivity index (χ1n) is 6.52. The highest BCUT2D eigenvalue weighted by atomic mass is 16.2. The Hall–Kier alpha value is -2.96. The molecule has 3 aromatic rings. The molecule has 1 atom stereocenters. The third-order valence-corrected chi connectivity index (χ3v) is 3.13. The van der Waals surface area contributed by atoms with Crippen LogP contribution in [0.25, 0.3) is 10.8 Å². The summed E-state index contributed by atoms with van der Waals surface area (Å²) >= 11 is 0. The van der Waals surface area contributed by atoms with Crippen LogP contribution in [0.5, 0.6) is 0 Å². The van der Waals surface area contributed by atoms with Crippen molar-refractivity contribution in [3.05, 3.63) is 48.3 Å². The summed E-state index contributed by atoms with van der Waals surface area (Å²) in [6, 6.07) is 13.0. The van der Waals surface area contributed by atoms with Crippen LogP contribution in [0.4, 0.5) is 10.5 Å². The summed E-state index contributed by atoms with van der Waals surface area (Å²) in [6.07, 6.45) is 0. The topological polar surface area (TPSA) is 95.6 Å². The van der Waals surface area contributed by atoms with Crippen LogP contribution in [0.3, 0.4) is 0 Å². The lowest BCUT2D eigenvalue weighted by Crippen LogP contribution is -2.31. The molecule has 1 unspecified atom stereocenters. The maximum absolute atomic E-state index is 12.1. The van der Waals surface area contributed by atoms with Crippen LogP contribution in [-0.2, 0) is 0 Å². The average Bonchev–Trinajstić information content (AvgIpc) is 3.02. The lowest BCUT2D eigenvalue weighted by molar-refractivity contribution is 0.249. The van der Waals surface area contributed by atoms with Gasteiger partial charge in [0.2, 0.25) is 0 Å². The van der Waals surface area contributed by atoms with Gasteiger partial charge in [-0.3, -0.25) is 0 Å². The molecule has 0 fully saturated rings. The second-order valence-corrected chi connectivity index (χ2v) is 4.62. The van der Waals surface area contributed by atoms with Crippen molar-refractivity contribution in [3.8, 4) is 0 Å². The Labute approximate surface area is 120 Å². The number of aromatic nitrogens is 4. The Morgan fingerprint density at radius 3 is 2.81 bits per heavy atom. The van der Waals surface area contributed by atoms with Crippen LogP contribution in [-0.4, -0.2) is 26.7 Å². The first kappa shape index (κ1) is 13.0. The minimum absolute atomic E-state index is 0.316. The van der Waals surface area contributed by atoms with Gasteiger partial charge in [0.1, 0.15) is 0 Å². The van der Waals surface area contributed by atoms with Gasteiger partial charge in [-0.15, -0.1) is 10.2 Å². The van der Waals surface area contributed by atoms with Gasteiger partial charge in [0.15, 0.2) is 5.82 Å². The molecule has 0 spiro atoms. The van der Waals surface area contributed by atoms with E-state index in [-0.39, 0.29) is 12.1 Å². The van der Waals surface area contributed by atoms with Crippen molar-refractivity contribution in [2.75, 3.05) is 5.32 Å². The van der Waals surface area contributed by atoms with Gasteiger partial charge in [0, 0.05) is 5.39 Å². The molecular formula is C14H14N6O. The first-order chi connectivity index (χ1) is 10.2. The van der Waals surface area contributed by atoms with Gasteiger partial charge in [-0.25, -0.2) is 4.79 Å². The predicted molar refractivity (Wildman–Crippen MR) is 78.7 cm³/mol. The molecule has 7 heteroatoms. The van der Waals surface area contributed by atoms with Gasteiger partial charge in [-0.2, -0.15) is 5.21 Å². The van der Waals surface area contributed by atoms with E-state index in [1.807, 2.05) is 42.5 Å². The standard InChI is InChI=1S/C14H14N6O/c1-9(13-17-19-20-18-13)15-14(21)16-12-8-4-6-10-5-2-3-7-11(10)12/h2-9H,1H3,(H2,15,16,21)(H,17,18,19,20). The number of rotatable bonds is 3. The number of tetrazole rings is 1. The molecule has 0 bridgehead atoms. The molecule has 2 aromatic carbocycles. The number of carbonyl (C=O) groups is 1. The fourth-order valence-electron chi connectivity index (χ4n) is 2.11. The molecule has 0 saturated heterocycles. The minimum Gasteiger partial charge on any atom is -0.328 e. The van der Waals surface area contributed by atoms with E-state index in [0.29, 0.717) is 5.82 Å². The number of nitrogens with zero attached hydrogens (tertiary/aromatic N) is 3. The Morgan fingerprint density at radius 1 is 1.19 bits per heavy atom. The highest BCUT2D eigenvalue weighted by Gasteiger charge is 2.13. The molecule has 0 aliphatic carbocycles. The number of hydrogen-bond acceptors (Lipinski definition) is 4. The van der Waals surface area contributed by atoms with Gasteiger partial charge in [0.05, 0.1) is 11.7 Å². The summed E-state index contributed by atoms with van der Waals surface area (Å²) < 4.78 is 0. The van der Waals surface area contributed by atoms with E-state index in [2.05, 4.69) is 31.3 Å². The van der Waals surface area contributed by atoms with Crippen LogP contribution >= 0.6 is 0 Å². The van der Waals surface area contributed by atoms with Crippen LogP contribution < -0.4 is 10.6 Å². The number of nitrogens with one attached hydrogen (secondary N) is 3. The largest absolute Gasteiger partial charge is 0.328 e. The molecule has 0 aliphatic heterocycles. The maximum atomic E-state index is 12.1. The summed E-state index contributed by atoms with van der Waals surface area (Å²) in [4.78, 5) is 12.1. The third kappa shape index (κ3) is 2.81. The van der Waals surface area contributed by atoms with Crippen LogP contribution in [0.2, 0.25) is 0 Å². The third-order valence-electron chi connectivity index (χ3n) is 3.13. The quantitative estimate of drug-likeness (QED) is 0.686.